The number of carbonyl (C=O) groups excluding carboxylic acids is 4. The molecule has 3 amide bonds. The molecule has 3 rings (SSSR count). The van der Waals surface area contributed by atoms with Gasteiger partial charge in [0, 0.05) is 26.2 Å². The van der Waals surface area contributed by atoms with Crippen molar-refractivity contribution in [3.63, 3.8) is 0 Å². The van der Waals surface area contributed by atoms with Crippen LogP contribution < -0.4 is 0 Å². The molecule has 2 aromatic carbocycles. The molecule has 0 aromatic heterocycles. The predicted molar refractivity (Wildman–Crippen MR) is 115 cm³/mol. The topological polar surface area (TPSA) is 84.0 Å². The molecule has 1 atom stereocenters. The molecule has 1 aliphatic rings. The molecule has 0 fully saturated rings. The Bertz CT molecular complexity index is 1010. The fourth-order valence-electron chi connectivity index (χ4n) is 3.31. The van der Waals surface area contributed by atoms with Crippen molar-refractivity contribution >= 4 is 23.7 Å². The summed E-state index contributed by atoms with van der Waals surface area (Å²) in [7, 11) is 3.16. The van der Waals surface area contributed by atoms with Gasteiger partial charge in [0.2, 0.25) is 6.10 Å². The van der Waals surface area contributed by atoms with Crippen LogP contribution in [0.3, 0.4) is 0 Å². The Morgan fingerprint density at radius 2 is 1.61 bits per heavy atom. The van der Waals surface area contributed by atoms with Crippen LogP contribution in [-0.2, 0) is 9.53 Å². The quantitative estimate of drug-likeness (QED) is 0.505. The zero-order valence-corrected chi connectivity index (χ0v) is 18.1. The van der Waals surface area contributed by atoms with Crippen LogP contribution in [0.5, 0.6) is 0 Å². The van der Waals surface area contributed by atoms with E-state index >= 15 is 0 Å². The van der Waals surface area contributed by atoms with Crippen molar-refractivity contribution in [3.8, 4) is 0 Å². The van der Waals surface area contributed by atoms with Crippen LogP contribution in [0.2, 0.25) is 0 Å². The van der Waals surface area contributed by atoms with E-state index in [0.29, 0.717) is 24.4 Å². The Morgan fingerprint density at radius 1 is 0.968 bits per heavy atom. The maximum atomic E-state index is 12.8. The summed E-state index contributed by atoms with van der Waals surface area (Å²) in [4.78, 5) is 53.3. The van der Waals surface area contributed by atoms with Crippen LogP contribution in [0.25, 0.3) is 0 Å². The van der Waals surface area contributed by atoms with Gasteiger partial charge >= 0.3 is 5.97 Å². The summed E-state index contributed by atoms with van der Waals surface area (Å²) in [5, 5.41) is 0. The number of benzene rings is 2. The van der Waals surface area contributed by atoms with Crippen molar-refractivity contribution in [1.82, 2.24) is 9.80 Å². The molecule has 31 heavy (non-hydrogen) atoms. The third kappa shape index (κ3) is 4.66. The molecular formula is C24H26N2O5. The third-order valence-electron chi connectivity index (χ3n) is 5.13. The van der Waals surface area contributed by atoms with E-state index in [4.69, 9.17) is 4.74 Å². The minimum atomic E-state index is -1.11. The maximum absolute atomic E-state index is 12.8. The zero-order valence-electron chi connectivity index (χ0n) is 18.1. The second-order valence-electron chi connectivity index (χ2n) is 8.13. The maximum Gasteiger partial charge on any atom is 0.339 e. The normalized spacial score (nSPS) is 13.9. The lowest BCUT2D eigenvalue weighted by Gasteiger charge is -2.21. The molecule has 0 saturated heterocycles. The minimum absolute atomic E-state index is 0.109. The summed E-state index contributed by atoms with van der Waals surface area (Å²) in [6.45, 7) is 4.37. The molecule has 7 heteroatoms. The first kappa shape index (κ1) is 22.2. The zero-order chi connectivity index (χ0) is 22.7. The first-order valence-corrected chi connectivity index (χ1v) is 10.2. The molecular weight excluding hydrogens is 396 g/mol. The van der Waals surface area contributed by atoms with E-state index < -0.39 is 18.0 Å². The SMILES string of the molecule is CC(C)CCN1C(=O)c2ccc(C(=O)O[C@@H](C(=O)N(C)C)c3ccccc3)cc2C1=O. The molecule has 1 aliphatic heterocycles. The number of amides is 3. The van der Waals surface area contributed by atoms with Gasteiger partial charge in [0.05, 0.1) is 16.7 Å². The fourth-order valence-corrected chi connectivity index (χ4v) is 3.31. The molecule has 0 aliphatic carbocycles. The van der Waals surface area contributed by atoms with Gasteiger partial charge in [0.15, 0.2) is 0 Å². The Morgan fingerprint density at radius 3 is 2.23 bits per heavy atom. The lowest BCUT2D eigenvalue weighted by Crippen LogP contribution is -2.31. The number of rotatable bonds is 7. The highest BCUT2D eigenvalue weighted by molar-refractivity contribution is 6.22. The van der Waals surface area contributed by atoms with Crippen LogP contribution >= 0.6 is 0 Å². The highest BCUT2D eigenvalue weighted by Crippen LogP contribution is 2.27. The second-order valence-corrected chi connectivity index (χ2v) is 8.13. The van der Waals surface area contributed by atoms with Crippen molar-refractivity contribution in [1.29, 1.82) is 0 Å². The first-order valence-electron chi connectivity index (χ1n) is 10.2. The summed E-state index contributed by atoms with van der Waals surface area (Å²) in [5.41, 5.74) is 1.10. The van der Waals surface area contributed by atoms with Crippen LogP contribution in [0.4, 0.5) is 0 Å². The van der Waals surface area contributed by atoms with Crippen LogP contribution in [0.1, 0.15) is 63.0 Å². The van der Waals surface area contributed by atoms with E-state index in [9.17, 15) is 19.2 Å². The van der Waals surface area contributed by atoms with E-state index in [-0.39, 0.29) is 28.5 Å². The lowest BCUT2D eigenvalue weighted by atomic mass is 10.1. The monoisotopic (exact) mass is 422 g/mol. The Hall–Kier alpha value is -3.48. The standard InChI is InChI=1S/C24H26N2O5/c1-15(2)12-13-26-21(27)18-11-10-17(14-19(18)22(26)28)24(30)31-20(23(29)25(3)4)16-8-6-5-7-9-16/h5-11,14-15,20H,12-13H2,1-4H3/t20-/m1/s1. The Labute approximate surface area is 181 Å². The van der Waals surface area contributed by atoms with Crippen molar-refractivity contribution in [3.05, 3.63) is 70.8 Å². The summed E-state index contributed by atoms with van der Waals surface area (Å²) < 4.78 is 5.53. The first-order chi connectivity index (χ1) is 14.7. The average molecular weight is 422 g/mol. The highest BCUT2D eigenvalue weighted by Gasteiger charge is 2.36. The molecule has 2 aromatic rings. The van der Waals surface area contributed by atoms with Gasteiger partial charge < -0.3 is 9.64 Å². The number of hydrogen-bond acceptors (Lipinski definition) is 5. The highest BCUT2D eigenvalue weighted by atomic mass is 16.5. The molecule has 0 N–H and O–H groups in total. The summed E-state index contributed by atoms with van der Waals surface area (Å²) in [5.74, 6) is -1.55. The molecule has 162 valence electrons. The van der Waals surface area contributed by atoms with E-state index in [1.165, 1.54) is 28.0 Å². The fraction of sp³-hybridized carbons (Fsp3) is 0.333. The lowest BCUT2D eigenvalue weighted by molar-refractivity contribution is -0.138. The van der Waals surface area contributed by atoms with Crippen LogP contribution in [0, 0.1) is 5.92 Å². The van der Waals surface area contributed by atoms with Crippen molar-refractivity contribution in [2.75, 3.05) is 20.6 Å². The van der Waals surface area contributed by atoms with Gasteiger partial charge in [-0.1, -0.05) is 44.2 Å². The van der Waals surface area contributed by atoms with Crippen LogP contribution in [-0.4, -0.2) is 54.1 Å². The number of nitrogens with zero attached hydrogens (tertiary/aromatic N) is 2. The van der Waals surface area contributed by atoms with Gasteiger partial charge in [-0.2, -0.15) is 0 Å². The largest absolute Gasteiger partial charge is 0.444 e. The molecule has 0 saturated carbocycles. The summed E-state index contributed by atoms with van der Waals surface area (Å²) in [6, 6.07) is 13.0. The third-order valence-corrected chi connectivity index (χ3v) is 5.13. The van der Waals surface area contributed by atoms with Gasteiger partial charge in [0.1, 0.15) is 0 Å². The van der Waals surface area contributed by atoms with Crippen LogP contribution in [0.15, 0.2) is 48.5 Å². The molecule has 0 unspecified atom stereocenters. The number of fused-ring (bicyclic) bond motifs is 1. The molecule has 0 spiro atoms. The minimum Gasteiger partial charge on any atom is -0.444 e. The van der Waals surface area contributed by atoms with E-state index in [1.807, 2.05) is 13.8 Å². The van der Waals surface area contributed by atoms with E-state index in [0.717, 1.165) is 0 Å². The average Bonchev–Trinajstić information content (AvgIpc) is 2.99. The smallest absolute Gasteiger partial charge is 0.339 e. The number of esters is 1. The molecule has 1 heterocycles. The van der Waals surface area contributed by atoms with E-state index in [1.54, 1.807) is 44.4 Å². The van der Waals surface area contributed by atoms with Gasteiger partial charge in [-0.15, -0.1) is 0 Å². The number of likely N-dealkylation sites (N-methyl/N-ethyl adjacent to an activating group) is 1. The number of ether oxygens (including phenoxy) is 1. The number of imide groups is 1. The number of carbonyl (C=O) groups is 4. The predicted octanol–water partition coefficient (Wildman–Crippen LogP) is 3.32. The molecule has 0 radical (unpaired) electrons. The van der Waals surface area contributed by atoms with E-state index in [2.05, 4.69) is 0 Å². The van der Waals surface area contributed by atoms with Crippen molar-refractivity contribution in [2.24, 2.45) is 5.92 Å². The van der Waals surface area contributed by atoms with Gasteiger partial charge in [-0.25, -0.2) is 4.79 Å². The van der Waals surface area contributed by atoms with Gasteiger partial charge in [-0.05, 0) is 30.5 Å². The summed E-state index contributed by atoms with van der Waals surface area (Å²) in [6.07, 6.45) is -0.414. The molecule has 0 bridgehead atoms. The summed E-state index contributed by atoms with van der Waals surface area (Å²) >= 11 is 0. The van der Waals surface area contributed by atoms with Crippen molar-refractivity contribution in [2.45, 2.75) is 26.4 Å². The van der Waals surface area contributed by atoms with Gasteiger partial charge in [0.25, 0.3) is 17.7 Å². The second kappa shape index (κ2) is 9.12. The Balaban J connectivity index is 1.84. The van der Waals surface area contributed by atoms with Crippen molar-refractivity contribution < 1.29 is 23.9 Å². The number of hydrogen-bond donors (Lipinski definition) is 0. The molecule has 7 nitrogen and oxygen atoms in total. The Kier molecular flexibility index (Phi) is 6.53. The van der Waals surface area contributed by atoms with Gasteiger partial charge in [-0.3, -0.25) is 19.3 Å².